The molecule has 0 bridgehead atoms. The van der Waals surface area contributed by atoms with Crippen molar-refractivity contribution in [1.82, 2.24) is 0 Å². The minimum Gasteiger partial charge on any atom is -0.423 e. The summed E-state index contributed by atoms with van der Waals surface area (Å²) in [6.45, 7) is 6.96. The first-order chi connectivity index (χ1) is 16.7. The van der Waals surface area contributed by atoms with Crippen LogP contribution >= 0.6 is 0 Å². The molecule has 4 heteroatoms. The quantitative estimate of drug-likeness (QED) is 0.337. The van der Waals surface area contributed by atoms with Gasteiger partial charge >= 0.3 is 7.12 Å². The van der Waals surface area contributed by atoms with Crippen molar-refractivity contribution in [1.29, 1.82) is 0 Å². The van der Waals surface area contributed by atoms with Crippen molar-refractivity contribution in [2.24, 2.45) is 0 Å². The molecule has 0 saturated carbocycles. The van der Waals surface area contributed by atoms with E-state index in [1.165, 1.54) is 22.3 Å². The molecule has 0 fully saturated rings. The van der Waals surface area contributed by atoms with Crippen LogP contribution < -0.4 is 5.46 Å². The zero-order chi connectivity index (χ0) is 24.8. The third-order valence-corrected chi connectivity index (χ3v) is 7.65. The molecular weight excluding hydrogens is 431 g/mol. The summed E-state index contributed by atoms with van der Waals surface area (Å²) in [5, 5.41) is 21.7. The van der Waals surface area contributed by atoms with Crippen LogP contribution in [0.2, 0.25) is 0 Å². The third-order valence-electron chi connectivity index (χ3n) is 7.65. The summed E-state index contributed by atoms with van der Waals surface area (Å²) in [4.78, 5) is 0. The van der Waals surface area contributed by atoms with Gasteiger partial charge in [0.25, 0.3) is 0 Å². The zero-order valence-electron chi connectivity index (χ0n) is 20.7. The van der Waals surface area contributed by atoms with Gasteiger partial charge in [-0.15, -0.1) is 0 Å². The highest BCUT2D eigenvalue weighted by atomic mass is 16.5. The fraction of sp³-hybridized carbons (Fsp3) is 0.226. The van der Waals surface area contributed by atoms with E-state index in [0.29, 0.717) is 5.46 Å². The van der Waals surface area contributed by atoms with E-state index in [-0.39, 0.29) is 0 Å². The molecule has 0 aliphatic heterocycles. The van der Waals surface area contributed by atoms with Crippen molar-refractivity contribution in [3.8, 4) is 11.1 Å². The molecule has 0 aromatic heterocycles. The van der Waals surface area contributed by atoms with Crippen molar-refractivity contribution < 1.29 is 14.8 Å². The molecule has 0 atom stereocenters. The Morgan fingerprint density at radius 3 is 1.74 bits per heavy atom. The normalized spacial score (nSPS) is 14.3. The number of fused-ring (bicyclic) bond motifs is 3. The van der Waals surface area contributed by atoms with Crippen LogP contribution in [0.4, 0.5) is 0 Å². The predicted molar refractivity (Wildman–Crippen MR) is 143 cm³/mol. The standard InChI is InChI=1S/C31H31BO3/c1-29(2,33)30(3,4)35-32(34)24-19-20-26-25-17-11-12-18-27(25)31(28(26)21-24,22-13-7-5-8-14-22)23-15-9-6-10-16-23/h5-21,33-34H,1-4H3. The highest BCUT2D eigenvalue weighted by molar-refractivity contribution is 6.60. The maximum Gasteiger partial charge on any atom is 0.491 e. The van der Waals surface area contributed by atoms with Crippen LogP contribution in [-0.2, 0) is 10.1 Å². The molecule has 35 heavy (non-hydrogen) atoms. The minimum atomic E-state index is -1.19. The Kier molecular flexibility index (Phi) is 5.72. The Morgan fingerprint density at radius 2 is 1.17 bits per heavy atom. The highest BCUT2D eigenvalue weighted by Crippen LogP contribution is 2.55. The SMILES string of the molecule is CC(C)(O)C(C)(C)OB(O)c1ccc2c(c1)C(c1ccccc1)(c1ccccc1)c1ccccc1-2. The second-order valence-corrected chi connectivity index (χ2v) is 10.4. The Balaban J connectivity index is 1.75. The Morgan fingerprint density at radius 1 is 0.657 bits per heavy atom. The molecule has 1 aliphatic rings. The second-order valence-electron chi connectivity index (χ2n) is 10.4. The van der Waals surface area contributed by atoms with Crippen LogP contribution in [0, 0.1) is 0 Å². The molecule has 0 unspecified atom stereocenters. The first-order valence-corrected chi connectivity index (χ1v) is 12.1. The summed E-state index contributed by atoms with van der Waals surface area (Å²) in [5.41, 5.74) is 5.04. The van der Waals surface area contributed by atoms with Gasteiger partial charge < -0.3 is 14.8 Å². The van der Waals surface area contributed by atoms with E-state index in [4.69, 9.17) is 4.65 Å². The maximum atomic E-state index is 11.1. The summed E-state index contributed by atoms with van der Waals surface area (Å²) in [5.74, 6) is 0. The van der Waals surface area contributed by atoms with Crippen molar-refractivity contribution in [2.75, 3.05) is 0 Å². The lowest BCUT2D eigenvalue weighted by molar-refractivity contribution is -0.0982. The molecule has 4 aromatic rings. The van der Waals surface area contributed by atoms with E-state index in [9.17, 15) is 10.1 Å². The maximum absolute atomic E-state index is 11.1. The summed E-state index contributed by atoms with van der Waals surface area (Å²) in [6, 6.07) is 35.7. The molecular formula is C31H31BO3. The first kappa shape index (κ1) is 23.6. The number of benzene rings is 4. The lowest BCUT2D eigenvalue weighted by Gasteiger charge is -2.38. The van der Waals surface area contributed by atoms with Gasteiger partial charge in [-0.1, -0.05) is 103 Å². The molecule has 0 heterocycles. The van der Waals surface area contributed by atoms with Crippen LogP contribution in [0.15, 0.2) is 103 Å². The molecule has 1 aliphatic carbocycles. The summed E-state index contributed by atoms with van der Waals surface area (Å²) in [7, 11) is -1.19. The van der Waals surface area contributed by atoms with Crippen molar-refractivity contribution in [3.63, 3.8) is 0 Å². The molecule has 0 spiro atoms. The molecule has 176 valence electrons. The molecule has 4 aromatic carbocycles. The van der Waals surface area contributed by atoms with E-state index < -0.39 is 23.7 Å². The summed E-state index contributed by atoms with van der Waals surface area (Å²) in [6.07, 6.45) is 0. The van der Waals surface area contributed by atoms with Crippen LogP contribution in [0.1, 0.15) is 49.9 Å². The Bertz CT molecular complexity index is 1300. The van der Waals surface area contributed by atoms with Gasteiger partial charge in [-0.2, -0.15) is 0 Å². The highest BCUT2D eigenvalue weighted by Gasteiger charge is 2.47. The third kappa shape index (κ3) is 3.73. The monoisotopic (exact) mass is 462 g/mol. The van der Waals surface area contributed by atoms with Crippen LogP contribution in [0.3, 0.4) is 0 Å². The Labute approximate surface area is 208 Å². The van der Waals surface area contributed by atoms with Gasteiger partial charge in [0.1, 0.15) is 0 Å². The number of hydrogen-bond acceptors (Lipinski definition) is 3. The van der Waals surface area contributed by atoms with Gasteiger partial charge in [-0.3, -0.25) is 0 Å². The van der Waals surface area contributed by atoms with Gasteiger partial charge in [0.15, 0.2) is 0 Å². The van der Waals surface area contributed by atoms with Crippen molar-refractivity contribution >= 4 is 12.6 Å². The molecule has 0 radical (unpaired) electrons. The van der Waals surface area contributed by atoms with Gasteiger partial charge in [-0.25, -0.2) is 0 Å². The van der Waals surface area contributed by atoms with Crippen molar-refractivity contribution in [3.05, 3.63) is 125 Å². The second kappa shape index (κ2) is 8.49. The van der Waals surface area contributed by atoms with Crippen LogP contribution in [0.5, 0.6) is 0 Å². The van der Waals surface area contributed by atoms with Gasteiger partial charge in [0, 0.05) is 0 Å². The van der Waals surface area contributed by atoms with Gasteiger partial charge in [0.05, 0.1) is 16.6 Å². The lowest BCUT2D eigenvalue weighted by Crippen LogP contribution is -2.53. The number of hydrogen-bond donors (Lipinski definition) is 2. The van der Waals surface area contributed by atoms with E-state index in [1.54, 1.807) is 27.7 Å². The fourth-order valence-electron chi connectivity index (χ4n) is 5.11. The smallest absolute Gasteiger partial charge is 0.423 e. The lowest BCUT2D eigenvalue weighted by atomic mass is 9.66. The van der Waals surface area contributed by atoms with E-state index in [1.807, 2.05) is 18.2 Å². The van der Waals surface area contributed by atoms with Gasteiger partial charge in [-0.05, 0) is 66.5 Å². The molecule has 0 saturated heterocycles. The average molecular weight is 462 g/mol. The molecule has 5 rings (SSSR count). The Hall–Kier alpha value is -3.18. The van der Waals surface area contributed by atoms with E-state index >= 15 is 0 Å². The minimum absolute atomic E-state index is 0.532. The van der Waals surface area contributed by atoms with Crippen molar-refractivity contribution in [2.45, 2.75) is 44.3 Å². The van der Waals surface area contributed by atoms with Crippen LogP contribution in [0.25, 0.3) is 11.1 Å². The van der Waals surface area contributed by atoms with E-state index in [0.717, 1.165) is 11.1 Å². The first-order valence-electron chi connectivity index (χ1n) is 12.1. The van der Waals surface area contributed by atoms with Gasteiger partial charge in [0.2, 0.25) is 0 Å². The largest absolute Gasteiger partial charge is 0.491 e. The summed E-state index contributed by atoms with van der Waals surface area (Å²) >= 11 is 0. The fourth-order valence-corrected chi connectivity index (χ4v) is 5.11. The molecule has 2 N–H and O–H groups in total. The zero-order valence-corrected chi connectivity index (χ0v) is 20.7. The predicted octanol–water partition coefficient (Wildman–Crippen LogP) is 5.30. The topological polar surface area (TPSA) is 49.7 Å². The average Bonchev–Trinajstić information content (AvgIpc) is 3.15. The molecule has 3 nitrogen and oxygen atoms in total. The van der Waals surface area contributed by atoms with Crippen LogP contribution in [-0.4, -0.2) is 28.5 Å². The van der Waals surface area contributed by atoms with E-state index in [2.05, 4.69) is 84.9 Å². The summed E-state index contributed by atoms with van der Waals surface area (Å²) < 4.78 is 6.01. The number of aliphatic hydroxyl groups is 1. The molecule has 0 amide bonds. The number of rotatable bonds is 6.